The molecule has 0 aromatic rings. The summed E-state index contributed by atoms with van der Waals surface area (Å²) < 4.78 is 5.50. The van der Waals surface area contributed by atoms with Crippen molar-refractivity contribution in [1.29, 1.82) is 0 Å². The highest BCUT2D eigenvalue weighted by atomic mass is 16.5. The monoisotopic (exact) mass is 199 g/mol. The lowest BCUT2D eigenvalue weighted by Gasteiger charge is -2.19. The maximum absolute atomic E-state index is 6.11. The molecule has 84 valence electrons. The topological polar surface area (TPSA) is 35.2 Å². The maximum atomic E-state index is 6.11. The Hall–Kier alpha value is -0.0800. The fraction of sp³-hybridized carbons (Fsp3) is 1.00. The van der Waals surface area contributed by atoms with Crippen molar-refractivity contribution in [3.8, 4) is 0 Å². The summed E-state index contributed by atoms with van der Waals surface area (Å²) in [4.78, 5) is 0. The van der Waals surface area contributed by atoms with E-state index >= 15 is 0 Å². The summed E-state index contributed by atoms with van der Waals surface area (Å²) in [5, 5.41) is 0. The number of rotatable bonds is 6. The first-order chi connectivity index (χ1) is 6.77. The molecule has 1 saturated carbocycles. The first kappa shape index (κ1) is 12.0. The van der Waals surface area contributed by atoms with E-state index in [1.165, 1.54) is 25.7 Å². The lowest BCUT2D eigenvalue weighted by atomic mass is 9.97. The lowest BCUT2D eigenvalue weighted by molar-refractivity contribution is 0.106. The van der Waals surface area contributed by atoms with Crippen molar-refractivity contribution in [3.63, 3.8) is 0 Å². The van der Waals surface area contributed by atoms with Crippen molar-refractivity contribution < 1.29 is 4.74 Å². The van der Waals surface area contributed by atoms with Crippen LogP contribution in [0.15, 0.2) is 0 Å². The van der Waals surface area contributed by atoms with Crippen LogP contribution in [0.2, 0.25) is 0 Å². The fourth-order valence-electron chi connectivity index (χ4n) is 2.37. The predicted octanol–water partition coefficient (Wildman–Crippen LogP) is 2.57. The molecule has 0 heterocycles. The molecule has 14 heavy (non-hydrogen) atoms. The van der Waals surface area contributed by atoms with Crippen LogP contribution < -0.4 is 5.73 Å². The third-order valence-corrected chi connectivity index (χ3v) is 3.42. The minimum Gasteiger partial charge on any atom is -0.380 e. The van der Waals surface area contributed by atoms with Gasteiger partial charge in [0.25, 0.3) is 0 Å². The first-order valence-corrected chi connectivity index (χ1v) is 6.11. The number of ether oxygens (including phenoxy) is 1. The molecule has 1 aliphatic carbocycles. The van der Waals surface area contributed by atoms with Crippen molar-refractivity contribution in [2.75, 3.05) is 13.2 Å². The van der Waals surface area contributed by atoms with Crippen LogP contribution >= 0.6 is 0 Å². The van der Waals surface area contributed by atoms with Gasteiger partial charge < -0.3 is 10.5 Å². The average molecular weight is 199 g/mol. The Morgan fingerprint density at radius 2 is 2.14 bits per heavy atom. The highest BCUT2D eigenvalue weighted by molar-refractivity contribution is 4.82. The zero-order valence-electron chi connectivity index (χ0n) is 9.67. The average Bonchev–Trinajstić information content (AvgIpc) is 2.66. The molecule has 0 saturated heterocycles. The van der Waals surface area contributed by atoms with Gasteiger partial charge in [-0.3, -0.25) is 0 Å². The molecule has 0 aromatic carbocycles. The van der Waals surface area contributed by atoms with E-state index in [9.17, 15) is 0 Å². The van der Waals surface area contributed by atoms with E-state index in [4.69, 9.17) is 10.5 Å². The lowest BCUT2D eigenvalue weighted by Crippen LogP contribution is -2.33. The second-order valence-corrected chi connectivity index (χ2v) is 4.59. The van der Waals surface area contributed by atoms with Gasteiger partial charge in [-0.1, -0.05) is 26.7 Å². The van der Waals surface area contributed by atoms with E-state index < -0.39 is 0 Å². The smallest absolute Gasteiger partial charge is 0.0620 e. The molecular formula is C12H25NO. The van der Waals surface area contributed by atoms with Crippen LogP contribution in [0.1, 0.15) is 46.0 Å². The molecule has 0 bridgehead atoms. The molecular weight excluding hydrogens is 174 g/mol. The van der Waals surface area contributed by atoms with Crippen molar-refractivity contribution in [1.82, 2.24) is 0 Å². The van der Waals surface area contributed by atoms with Gasteiger partial charge in [0, 0.05) is 12.6 Å². The normalized spacial score (nSPS) is 29.4. The summed E-state index contributed by atoms with van der Waals surface area (Å²) in [5.41, 5.74) is 6.11. The fourth-order valence-corrected chi connectivity index (χ4v) is 2.37. The molecule has 0 aliphatic heterocycles. The second-order valence-electron chi connectivity index (χ2n) is 4.59. The minimum atomic E-state index is 0.276. The molecule has 2 nitrogen and oxygen atoms in total. The Labute approximate surface area is 88.2 Å². The molecule has 1 rings (SSSR count). The highest BCUT2D eigenvalue weighted by Gasteiger charge is 2.27. The van der Waals surface area contributed by atoms with Crippen LogP contribution in [0.5, 0.6) is 0 Å². The van der Waals surface area contributed by atoms with E-state index in [0.29, 0.717) is 0 Å². The van der Waals surface area contributed by atoms with Crippen LogP contribution in [-0.4, -0.2) is 19.3 Å². The minimum absolute atomic E-state index is 0.276. The molecule has 0 aromatic heterocycles. The molecule has 2 N–H and O–H groups in total. The van der Waals surface area contributed by atoms with Crippen LogP contribution in [0.25, 0.3) is 0 Å². The number of nitrogens with two attached hydrogens (primary N) is 1. The van der Waals surface area contributed by atoms with Crippen LogP contribution in [0, 0.1) is 11.8 Å². The molecule has 0 amide bonds. The van der Waals surface area contributed by atoms with Gasteiger partial charge in [-0.2, -0.15) is 0 Å². The molecule has 3 atom stereocenters. The molecule has 0 radical (unpaired) electrons. The van der Waals surface area contributed by atoms with E-state index in [2.05, 4.69) is 13.8 Å². The van der Waals surface area contributed by atoms with Gasteiger partial charge in [0.1, 0.15) is 0 Å². The van der Waals surface area contributed by atoms with Crippen LogP contribution in [0.3, 0.4) is 0 Å². The number of hydrogen-bond donors (Lipinski definition) is 1. The zero-order chi connectivity index (χ0) is 10.4. The Morgan fingerprint density at radius 1 is 1.36 bits per heavy atom. The van der Waals surface area contributed by atoms with Crippen molar-refractivity contribution in [2.24, 2.45) is 17.6 Å². The Morgan fingerprint density at radius 3 is 2.71 bits per heavy atom. The quantitative estimate of drug-likeness (QED) is 0.667. The Balaban J connectivity index is 2.15. The van der Waals surface area contributed by atoms with E-state index in [-0.39, 0.29) is 6.04 Å². The molecule has 1 aliphatic rings. The number of hydrogen-bond acceptors (Lipinski definition) is 2. The van der Waals surface area contributed by atoms with Gasteiger partial charge in [0.2, 0.25) is 0 Å². The molecule has 2 heteroatoms. The third kappa shape index (κ3) is 3.58. The second kappa shape index (κ2) is 6.41. The summed E-state index contributed by atoms with van der Waals surface area (Å²) >= 11 is 0. The van der Waals surface area contributed by atoms with E-state index in [0.717, 1.165) is 31.5 Å². The van der Waals surface area contributed by atoms with Gasteiger partial charge in [0.05, 0.1) is 6.61 Å². The molecule has 1 fully saturated rings. The molecule has 3 unspecified atom stereocenters. The summed E-state index contributed by atoms with van der Waals surface area (Å²) in [6.45, 7) is 6.03. The van der Waals surface area contributed by atoms with Gasteiger partial charge in [-0.25, -0.2) is 0 Å². The van der Waals surface area contributed by atoms with Crippen molar-refractivity contribution in [2.45, 2.75) is 52.0 Å². The predicted molar refractivity (Wildman–Crippen MR) is 60.2 cm³/mol. The zero-order valence-corrected chi connectivity index (χ0v) is 9.67. The van der Waals surface area contributed by atoms with Crippen molar-refractivity contribution in [3.05, 3.63) is 0 Å². The summed E-state index contributed by atoms with van der Waals surface area (Å²) in [5.74, 6) is 1.65. The van der Waals surface area contributed by atoms with E-state index in [1.54, 1.807) is 0 Å². The Kier molecular flexibility index (Phi) is 5.49. The third-order valence-electron chi connectivity index (χ3n) is 3.42. The first-order valence-electron chi connectivity index (χ1n) is 6.11. The summed E-state index contributed by atoms with van der Waals surface area (Å²) in [6.07, 6.45) is 6.43. The Bertz CT molecular complexity index is 149. The maximum Gasteiger partial charge on any atom is 0.0620 e. The standard InChI is InChI=1S/C12H25NO/c1-3-7-14-9-12(13)11-6-5-10(4-2)8-11/h10-12H,3-9,13H2,1-2H3. The SMILES string of the molecule is CCCOCC(N)C1CCC(CC)C1. The van der Waals surface area contributed by atoms with Gasteiger partial charge in [0.15, 0.2) is 0 Å². The summed E-state index contributed by atoms with van der Waals surface area (Å²) in [7, 11) is 0. The van der Waals surface area contributed by atoms with Crippen molar-refractivity contribution >= 4 is 0 Å². The summed E-state index contributed by atoms with van der Waals surface area (Å²) in [6, 6.07) is 0.276. The van der Waals surface area contributed by atoms with Crippen LogP contribution in [0.4, 0.5) is 0 Å². The molecule has 0 spiro atoms. The van der Waals surface area contributed by atoms with Crippen LogP contribution in [-0.2, 0) is 4.74 Å². The van der Waals surface area contributed by atoms with Gasteiger partial charge in [-0.05, 0) is 31.1 Å². The van der Waals surface area contributed by atoms with Gasteiger partial charge in [-0.15, -0.1) is 0 Å². The highest BCUT2D eigenvalue weighted by Crippen LogP contribution is 2.34. The van der Waals surface area contributed by atoms with Gasteiger partial charge >= 0.3 is 0 Å². The van der Waals surface area contributed by atoms with E-state index in [1.807, 2.05) is 0 Å². The largest absolute Gasteiger partial charge is 0.380 e.